The lowest BCUT2D eigenvalue weighted by Crippen LogP contribution is -2.20. The van der Waals surface area contributed by atoms with Crippen LogP contribution in [-0.4, -0.2) is 60.8 Å². The fourth-order valence-electron chi connectivity index (χ4n) is 3.15. The van der Waals surface area contributed by atoms with Crippen molar-refractivity contribution in [3.8, 4) is 0 Å². The number of anilines is 1. The molecule has 0 radical (unpaired) electrons. The molecule has 33 heavy (non-hydrogen) atoms. The fraction of sp³-hybridized carbons (Fsp3) is 0.350. The van der Waals surface area contributed by atoms with Crippen molar-refractivity contribution in [1.82, 2.24) is 19.9 Å². The van der Waals surface area contributed by atoms with E-state index in [1.165, 1.54) is 32.5 Å². The number of benzene rings is 1. The molecule has 3 aromatic rings. The van der Waals surface area contributed by atoms with Crippen molar-refractivity contribution >= 4 is 50.4 Å². The summed E-state index contributed by atoms with van der Waals surface area (Å²) in [5, 5.41) is 3.03. The Labute approximate surface area is 194 Å². The van der Waals surface area contributed by atoms with E-state index < -0.39 is 27.8 Å². The SMILES string of the molecule is COC(=O)c1cc2nc([C@H](Nc3ncc(C(=O)OC)c(Cl)n3)C(C)C)[nH]c2cc1S(C)(=O)=O. The van der Waals surface area contributed by atoms with Crippen molar-refractivity contribution in [1.29, 1.82) is 0 Å². The van der Waals surface area contributed by atoms with Crippen LogP contribution >= 0.6 is 11.6 Å². The molecule has 0 aliphatic rings. The first kappa shape index (κ1) is 24.4. The van der Waals surface area contributed by atoms with E-state index in [9.17, 15) is 18.0 Å². The summed E-state index contributed by atoms with van der Waals surface area (Å²) in [4.78, 5) is 39.5. The molecule has 2 aromatic heterocycles. The molecule has 0 aliphatic carbocycles. The molecule has 0 bridgehead atoms. The van der Waals surface area contributed by atoms with Gasteiger partial charge in [0.05, 0.1) is 41.8 Å². The van der Waals surface area contributed by atoms with Crippen molar-refractivity contribution in [2.75, 3.05) is 25.8 Å². The normalized spacial score (nSPS) is 12.6. The second kappa shape index (κ2) is 9.32. The van der Waals surface area contributed by atoms with Crippen LogP contribution in [0.25, 0.3) is 11.0 Å². The lowest BCUT2D eigenvalue weighted by molar-refractivity contribution is 0.0589. The van der Waals surface area contributed by atoms with Crippen molar-refractivity contribution in [2.45, 2.75) is 24.8 Å². The van der Waals surface area contributed by atoms with E-state index in [0.29, 0.717) is 16.9 Å². The number of aromatic amines is 1. The predicted octanol–water partition coefficient (Wildman–Crippen LogP) is 2.79. The summed E-state index contributed by atoms with van der Waals surface area (Å²) in [7, 11) is -1.32. The predicted molar refractivity (Wildman–Crippen MR) is 120 cm³/mol. The number of H-pyrrole nitrogens is 1. The van der Waals surface area contributed by atoms with Crippen LogP contribution in [0.15, 0.2) is 23.2 Å². The Morgan fingerprint density at radius 3 is 2.27 bits per heavy atom. The number of imidazole rings is 1. The zero-order chi connectivity index (χ0) is 24.5. The minimum Gasteiger partial charge on any atom is -0.465 e. The average molecular weight is 496 g/mol. The molecule has 0 aliphatic heterocycles. The minimum atomic E-state index is -3.71. The van der Waals surface area contributed by atoms with Crippen molar-refractivity contribution in [3.63, 3.8) is 0 Å². The van der Waals surface area contributed by atoms with E-state index in [4.69, 9.17) is 16.3 Å². The summed E-state index contributed by atoms with van der Waals surface area (Å²) in [5.74, 6) is -0.860. The largest absolute Gasteiger partial charge is 0.465 e. The monoisotopic (exact) mass is 495 g/mol. The van der Waals surface area contributed by atoms with Gasteiger partial charge in [0.1, 0.15) is 16.5 Å². The average Bonchev–Trinajstić information content (AvgIpc) is 3.17. The zero-order valence-corrected chi connectivity index (χ0v) is 20.0. The quantitative estimate of drug-likeness (QED) is 0.369. The van der Waals surface area contributed by atoms with Crippen molar-refractivity contribution in [3.05, 3.63) is 40.4 Å². The molecule has 2 heterocycles. The Balaban J connectivity index is 2.04. The maximum absolute atomic E-state index is 12.2. The number of rotatable bonds is 7. The molecule has 0 spiro atoms. The molecule has 13 heteroatoms. The number of methoxy groups -OCH3 is 2. The second-order valence-corrected chi connectivity index (χ2v) is 9.85. The van der Waals surface area contributed by atoms with Gasteiger partial charge in [-0.1, -0.05) is 25.4 Å². The first-order valence-electron chi connectivity index (χ1n) is 9.65. The number of sulfone groups is 1. The second-order valence-electron chi connectivity index (χ2n) is 7.51. The number of nitrogens with one attached hydrogen (secondary N) is 2. The topological polar surface area (TPSA) is 153 Å². The highest BCUT2D eigenvalue weighted by Crippen LogP contribution is 2.29. The van der Waals surface area contributed by atoms with Crippen LogP contribution in [0.5, 0.6) is 0 Å². The van der Waals surface area contributed by atoms with Gasteiger partial charge in [0, 0.05) is 12.5 Å². The number of fused-ring (bicyclic) bond motifs is 1. The fourth-order valence-corrected chi connectivity index (χ4v) is 4.23. The molecule has 2 N–H and O–H groups in total. The summed E-state index contributed by atoms with van der Waals surface area (Å²) in [6.45, 7) is 3.86. The van der Waals surface area contributed by atoms with E-state index in [0.717, 1.165) is 6.26 Å². The van der Waals surface area contributed by atoms with Gasteiger partial charge in [0.25, 0.3) is 0 Å². The number of hydrogen-bond donors (Lipinski definition) is 2. The number of carbonyl (C=O) groups excluding carboxylic acids is 2. The molecular formula is C20H22ClN5O6S. The Bertz CT molecular complexity index is 1340. The highest BCUT2D eigenvalue weighted by molar-refractivity contribution is 7.90. The number of halogens is 1. The Kier molecular flexibility index (Phi) is 6.89. The van der Waals surface area contributed by atoms with Gasteiger partial charge in [0.2, 0.25) is 5.95 Å². The van der Waals surface area contributed by atoms with E-state index in [1.54, 1.807) is 0 Å². The van der Waals surface area contributed by atoms with Crippen LogP contribution in [0.1, 0.15) is 46.4 Å². The highest BCUT2D eigenvalue weighted by atomic mass is 35.5. The lowest BCUT2D eigenvalue weighted by atomic mass is 10.0. The number of nitrogens with zero attached hydrogens (tertiary/aromatic N) is 3. The zero-order valence-electron chi connectivity index (χ0n) is 18.5. The molecule has 0 saturated heterocycles. The number of esters is 2. The third kappa shape index (κ3) is 5.06. The third-order valence-electron chi connectivity index (χ3n) is 4.80. The maximum Gasteiger partial charge on any atom is 0.342 e. The van der Waals surface area contributed by atoms with E-state index >= 15 is 0 Å². The van der Waals surface area contributed by atoms with Gasteiger partial charge < -0.3 is 19.8 Å². The molecular weight excluding hydrogens is 474 g/mol. The van der Waals surface area contributed by atoms with Crippen LogP contribution < -0.4 is 5.32 Å². The van der Waals surface area contributed by atoms with Crippen LogP contribution in [0, 0.1) is 5.92 Å². The van der Waals surface area contributed by atoms with Crippen LogP contribution in [0.4, 0.5) is 5.95 Å². The van der Waals surface area contributed by atoms with Gasteiger partial charge in [-0.2, -0.15) is 0 Å². The molecule has 0 saturated carbocycles. The molecule has 1 atom stereocenters. The van der Waals surface area contributed by atoms with Crippen molar-refractivity contribution in [2.24, 2.45) is 5.92 Å². The van der Waals surface area contributed by atoms with Gasteiger partial charge >= 0.3 is 11.9 Å². The lowest BCUT2D eigenvalue weighted by Gasteiger charge is -2.20. The summed E-state index contributed by atoms with van der Waals surface area (Å²) in [6.07, 6.45) is 2.26. The van der Waals surface area contributed by atoms with Gasteiger partial charge in [0.15, 0.2) is 9.84 Å². The van der Waals surface area contributed by atoms with Crippen LogP contribution in [0.3, 0.4) is 0 Å². The van der Waals surface area contributed by atoms with Gasteiger partial charge in [-0.3, -0.25) is 0 Å². The molecule has 1 aromatic carbocycles. The van der Waals surface area contributed by atoms with Gasteiger partial charge in [-0.15, -0.1) is 0 Å². The van der Waals surface area contributed by atoms with E-state index in [1.807, 2.05) is 13.8 Å². The highest BCUT2D eigenvalue weighted by Gasteiger charge is 2.25. The van der Waals surface area contributed by atoms with Gasteiger partial charge in [-0.25, -0.2) is 33.0 Å². The summed E-state index contributed by atoms with van der Waals surface area (Å²) < 4.78 is 33.8. The smallest absolute Gasteiger partial charge is 0.342 e. The maximum atomic E-state index is 12.2. The van der Waals surface area contributed by atoms with Gasteiger partial charge in [-0.05, 0) is 18.1 Å². The number of aromatic nitrogens is 4. The summed E-state index contributed by atoms with van der Waals surface area (Å²) in [6, 6.07) is 2.28. The number of carbonyl (C=O) groups is 2. The third-order valence-corrected chi connectivity index (χ3v) is 6.22. The van der Waals surface area contributed by atoms with E-state index in [-0.39, 0.29) is 33.0 Å². The van der Waals surface area contributed by atoms with E-state index in [2.05, 4.69) is 30.0 Å². The van der Waals surface area contributed by atoms with Crippen LogP contribution in [-0.2, 0) is 19.3 Å². The Hall–Kier alpha value is -3.25. The molecule has 11 nitrogen and oxygen atoms in total. The Morgan fingerprint density at radius 1 is 1.09 bits per heavy atom. The number of hydrogen-bond acceptors (Lipinski definition) is 10. The first-order valence-corrected chi connectivity index (χ1v) is 11.9. The minimum absolute atomic E-state index is 0.0253. The summed E-state index contributed by atoms with van der Waals surface area (Å²) >= 11 is 6.08. The molecule has 0 unspecified atom stereocenters. The molecule has 176 valence electrons. The first-order chi connectivity index (χ1) is 15.5. The van der Waals surface area contributed by atoms with Crippen molar-refractivity contribution < 1.29 is 27.5 Å². The molecule has 0 amide bonds. The summed E-state index contributed by atoms with van der Waals surface area (Å²) in [5.41, 5.74) is 0.724. The number of ether oxygens (including phenoxy) is 2. The van der Waals surface area contributed by atoms with Crippen LogP contribution in [0.2, 0.25) is 5.15 Å². The Morgan fingerprint density at radius 2 is 1.73 bits per heavy atom. The molecule has 0 fully saturated rings. The standard InChI is InChI=1S/C20H22ClN5O6S/c1-9(2)15(25-20-22-8-11(16(21)26-20)19(28)32-4)17-23-12-6-10(18(27)31-3)14(33(5,29)30)7-13(12)24-17/h6-9,15H,1-5H3,(H,23,24)(H,22,25,26)/t15-/m1/s1. The molecule has 3 rings (SSSR count).